The summed E-state index contributed by atoms with van der Waals surface area (Å²) in [6.45, 7) is 2.08. The van der Waals surface area contributed by atoms with Crippen molar-refractivity contribution in [2.24, 2.45) is 5.18 Å². The van der Waals surface area contributed by atoms with E-state index in [1.165, 1.54) is 0 Å². The zero-order valence-electron chi connectivity index (χ0n) is 18.4. The van der Waals surface area contributed by atoms with E-state index in [1.807, 2.05) is 12.2 Å². The lowest BCUT2D eigenvalue weighted by molar-refractivity contribution is -0.150. The smallest absolute Gasteiger partial charge is 0.306 e. The molecule has 1 N–H and O–H groups in total. The van der Waals surface area contributed by atoms with Crippen LogP contribution >= 0.6 is 0 Å². The average molecular weight is 426 g/mol. The molecular formula is C23H39NO6. The largest absolute Gasteiger partial charge is 0.481 e. The van der Waals surface area contributed by atoms with E-state index in [-0.39, 0.29) is 19.3 Å². The molecule has 0 radical (unpaired) electrons. The van der Waals surface area contributed by atoms with Crippen molar-refractivity contribution in [2.45, 2.75) is 115 Å². The standard InChI is InChI=1S/C23H39NO6/c1-2-3-11-16-21(30-23(28)18-14-17-22(26)27)20(24-29)15-12-9-7-5-4-6-8-10-13-19-25/h9,12,19-21H,2-8,10-11,13-18H2,1H3,(H,26,27)/b12-9-. The third kappa shape index (κ3) is 16.9. The van der Waals surface area contributed by atoms with Gasteiger partial charge in [0.2, 0.25) is 0 Å². The van der Waals surface area contributed by atoms with E-state index in [9.17, 15) is 19.3 Å². The summed E-state index contributed by atoms with van der Waals surface area (Å²) in [7, 11) is 0. The summed E-state index contributed by atoms with van der Waals surface area (Å²) in [5.41, 5.74) is 0. The molecule has 0 rings (SSSR count). The van der Waals surface area contributed by atoms with Crippen LogP contribution < -0.4 is 0 Å². The lowest BCUT2D eigenvalue weighted by atomic mass is 10.0. The van der Waals surface area contributed by atoms with E-state index >= 15 is 0 Å². The second-order valence-corrected chi connectivity index (χ2v) is 7.66. The Balaban J connectivity index is 4.37. The molecule has 2 unspecified atom stereocenters. The molecule has 0 aromatic heterocycles. The van der Waals surface area contributed by atoms with Crippen molar-refractivity contribution >= 4 is 18.2 Å². The minimum Gasteiger partial charge on any atom is -0.481 e. The maximum absolute atomic E-state index is 12.0. The van der Waals surface area contributed by atoms with Gasteiger partial charge in [0.25, 0.3) is 0 Å². The zero-order chi connectivity index (χ0) is 22.5. The number of aliphatic carboxylic acids is 1. The Morgan fingerprint density at radius 3 is 2.27 bits per heavy atom. The monoisotopic (exact) mass is 425 g/mol. The van der Waals surface area contributed by atoms with Gasteiger partial charge in [-0.3, -0.25) is 9.59 Å². The van der Waals surface area contributed by atoms with Gasteiger partial charge in [0.15, 0.2) is 0 Å². The number of hydrogen-bond acceptors (Lipinski definition) is 6. The SMILES string of the molecule is CCCCCC(OC(=O)CCCC(=O)O)C(C/C=C\CCCCCCCC=O)N=O. The average Bonchev–Trinajstić information content (AvgIpc) is 2.71. The zero-order valence-corrected chi connectivity index (χ0v) is 18.4. The molecule has 0 spiro atoms. The van der Waals surface area contributed by atoms with Crippen molar-refractivity contribution in [1.82, 2.24) is 0 Å². The molecule has 172 valence electrons. The Kier molecular flexibility index (Phi) is 18.8. The fourth-order valence-corrected chi connectivity index (χ4v) is 3.17. The van der Waals surface area contributed by atoms with Crippen LogP contribution in [0.15, 0.2) is 17.3 Å². The Labute approximate surface area is 180 Å². The highest BCUT2D eigenvalue weighted by atomic mass is 16.5. The molecule has 0 heterocycles. The molecular weight excluding hydrogens is 386 g/mol. The maximum atomic E-state index is 12.0. The number of carboxylic acids is 1. The van der Waals surface area contributed by atoms with Gasteiger partial charge in [-0.2, -0.15) is 4.91 Å². The predicted molar refractivity (Wildman–Crippen MR) is 117 cm³/mol. The molecule has 0 saturated carbocycles. The molecule has 30 heavy (non-hydrogen) atoms. The van der Waals surface area contributed by atoms with Gasteiger partial charge >= 0.3 is 11.9 Å². The molecule has 0 amide bonds. The second kappa shape index (κ2) is 20.2. The van der Waals surface area contributed by atoms with Gasteiger partial charge in [0.05, 0.1) is 0 Å². The number of ether oxygens (including phenoxy) is 1. The highest BCUT2D eigenvalue weighted by Gasteiger charge is 2.25. The van der Waals surface area contributed by atoms with Crippen molar-refractivity contribution in [3.8, 4) is 0 Å². The number of unbranched alkanes of at least 4 members (excludes halogenated alkanes) is 8. The molecule has 0 aliphatic heterocycles. The third-order valence-electron chi connectivity index (χ3n) is 4.95. The van der Waals surface area contributed by atoms with E-state index in [0.29, 0.717) is 19.3 Å². The highest BCUT2D eigenvalue weighted by Crippen LogP contribution is 2.18. The van der Waals surface area contributed by atoms with Crippen LogP contribution in [-0.2, 0) is 19.1 Å². The molecule has 0 aliphatic rings. The number of aldehydes is 1. The first-order chi connectivity index (χ1) is 14.5. The number of hydrogen-bond donors (Lipinski definition) is 1. The molecule has 0 aromatic carbocycles. The van der Waals surface area contributed by atoms with Crippen LogP contribution in [0, 0.1) is 4.91 Å². The van der Waals surface area contributed by atoms with E-state index in [0.717, 1.165) is 64.1 Å². The third-order valence-corrected chi connectivity index (χ3v) is 4.95. The van der Waals surface area contributed by atoms with Crippen LogP contribution in [0.5, 0.6) is 0 Å². The summed E-state index contributed by atoms with van der Waals surface area (Å²) >= 11 is 0. The van der Waals surface area contributed by atoms with Gasteiger partial charge < -0.3 is 14.6 Å². The number of esters is 1. The van der Waals surface area contributed by atoms with E-state index in [2.05, 4.69) is 12.1 Å². The summed E-state index contributed by atoms with van der Waals surface area (Å²) in [4.78, 5) is 44.2. The number of allylic oxidation sites excluding steroid dienone is 1. The number of carbonyl (C=O) groups excluding carboxylic acids is 2. The Morgan fingerprint density at radius 2 is 1.63 bits per heavy atom. The van der Waals surface area contributed by atoms with Crippen LogP contribution in [0.4, 0.5) is 0 Å². The quantitative estimate of drug-likeness (QED) is 0.0825. The van der Waals surface area contributed by atoms with E-state index in [4.69, 9.17) is 9.84 Å². The fourth-order valence-electron chi connectivity index (χ4n) is 3.17. The molecule has 7 nitrogen and oxygen atoms in total. The van der Waals surface area contributed by atoms with E-state index < -0.39 is 24.1 Å². The normalized spacial score (nSPS) is 13.1. The maximum Gasteiger partial charge on any atom is 0.306 e. The molecule has 7 heteroatoms. The Bertz CT molecular complexity index is 506. The number of nitrogens with zero attached hydrogens (tertiary/aromatic N) is 1. The molecule has 0 aliphatic carbocycles. The summed E-state index contributed by atoms with van der Waals surface area (Å²) in [5, 5.41) is 11.9. The Hall–Kier alpha value is -2.05. The molecule has 0 saturated heterocycles. The predicted octanol–water partition coefficient (Wildman–Crippen LogP) is 5.74. The number of carbonyl (C=O) groups is 3. The minimum atomic E-state index is -0.944. The summed E-state index contributed by atoms with van der Waals surface area (Å²) in [5.74, 6) is -1.41. The lowest BCUT2D eigenvalue weighted by Crippen LogP contribution is -2.30. The topological polar surface area (TPSA) is 110 Å². The number of rotatable bonds is 21. The van der Waals surface area contributed by atoms with Crippen molar-refractivity contribution in [1.29, 1.82) is 0 Å². The summed E-state index contributed by atoms with van der Waals surface area (Å²) in [6, 6.07) is -0.620. The first kappa shape index (κ1) is 27.9. The van der Waals surface area contributed by atoms with Gasteiger partial charge in [-0.25, -0.2) is 0 Å². The van der Waals surface area contributed by atoms with Crippen LogP contribution in [0.2, 0.25) is 0 Å². The van der Waals surface area contributed by atoms with Crippen molar-refractivity contribution < 1.29 is 24.2 Å². The molecule has 2 atom stereocenters. The van der Waals surface area contributed by atoms with Gasteiger partial charge in [0, 0.05) is 19.3 Å². The molecule has 0 bridgehead atoms. The van der Waals surface area contributed by atoms with Crippen molar-refractivity contribution in [2.75, 3.05) is 0 Å². The summed E-state index contributed by atoms with van der Waals surface area (Å²) < 4.78 is 5.49. The van der Waals surface area contributed by atoms with Gasteiger partial charge in [-0.05, 0) is 44.9 Å². The lowest BCUT2D eigenvalue weighted by Gasteiger charge is -2.21. The first-order valence-electron chi connectivity index (χ1n) is 11.4. The molecule has 0 aromatic rings. The molecule has 0 fully saturated rings. The van der Waals surface area contributed by atoms with Crippen LogP contribution in [0.25, 0.3) is 0 Å². The van der Waals surface area contributed by atoms with Gasteiger partial charge in [-0.15, -0.1) is 0 Å². The fraction of sp³-hybridized carbons (Fsp3) is 0.783. The van der Waals surface area contributed by atoms with Crippen molar-refractivity contribution in [3.05, 3.63) is 17.1 Å². The number of nitroso groups, excluding NO2 is 1. The second-order valence-electron chi connectivity index (χ2n) is 7.66. The van der Waals surface area contributed by atoms with Crippen LogP contribution in [0.1, 0.15) is 103 Å². The van der Waals surface area contributed by atoms with E-state index in [1.54, 1.807) is 0 Å². The number of carboxylic acid groups (broad SMARTS) is 1. The first-order valence-corrected chi connectivity index (χ1v) is 11.4. The van der Waals surface area contributed by atoms with Gasteiger partial charge in [-0.1, -0.05) is 56.4 Å². The minimum absolute atomic E-state index is 0.0326. The van der Waals surface area contributed by atoms with Crippen LogP contribution in [0.3, 0.4) is 0 Å². The summed E-state index contributed by atoms with van der Waals surface area (Å²) in [6.07, 6.45) is 15.3. The Morgan fingerprint density at radius 1 is 0.933 bits per heavy atom. The van der Waals surface area contributed by atoms with Crippen molar-refractivity contribution in [3.63, 3.8) is 0 Å². The van der Waals surface area contributed by atoms with Gasteiger partial charge in [0.1, 0.15) is 18.4 Å². The van der Waals surface area contributed by atoms with Crippen LogP contribution in [-0.4, -0.2) is 35.5 Å². The highest BCUT2D eigenvalue weighted by molar-refractivity contribution is 5.71.